The molecule has 1 aromatic carbocycles. The van der Waals surface area contributed by atoms with Crippen LogP contribution < -0.4 is 0 Å². The van der Waals surface area contributed by atoms with Gasteiger partial charge in [0.05, 0.1) is 10.6 Å². The fourth-order valence-corrected chi connectivity index (χ4v) is 1.89. The number of halogens is 1. The highest BCUT2D eigenvalue weighted by molar-refractivity contribution is 6.33. The van der Waals surface area contributed by atoms with Gasteiger partial charge in [0.25, 0.3) is 5.91 Å². The van der Waals surface area contributed by atoms with Crippen LogP contribution in [0.25, 0.3) is 0 Å². The molecule has 0 fully saturated rings. The van der Waals surface area contributed by atoms with Crippen LogP contribution in [0.5, 0.6) is 0 Å². The molecule has 0 saturated heterocycles. The number of hydrogen-bond acceptors (Lipinski definition) is 2. The molecule has 1 heterocycles. The Bertz CT molecular complexity index is 543. The van der Waals surface area contributed by atoms with Crippen LogP contribution in [0, 0.1) is 0 Å². The van der Waals surface area contributed by atoms with E-state index in [1.54, 1.807) is 42.5 Å². The first-order chi connectivity index (χ1) is 8.68. The summed E-state index contributed by atoms with van der Waals surface area (Å²) in [5.74, 6) is -0.0857. The van der Waals surface area contributed by atoms with Crippen LogP contribution in [0.3, 0.4) is 0 Å². The van der Waals surface area contributed by atoms with E-state index < -0.39 is 0 Å². The summed E-state index contributed by atoms with van der Waals surface area (Å²) in [6.07, 6.45) is 3.42. The number of benzene rings is 1. The largest absolute Gasteiger partial charge is 0.337 e. The number of carbonyl (C=O) groups is 1. The van der Waals surface area contributed by atoms with Crippen LogP contribution in [-0.2, 0) is 6.54 Å². The van der Waals surface area contributed by atoms with Crippen molar-refractivity contribution in [2.24, 2.45) is 0 Å². The topological polar surface area (TPSA) is 33.2 Å². The second-order valence-electron chi connectivity index (χ2n) is 4.00. The minimum Gasteiger partial charge on any atom is -0.337 e. The molecule has 0 atom stereocenters. The standard InChI is InChI=1S/C14H13ClN2O/c1-17(10-11-6-8-16-9-7-11)14(18)12-4-2-3-5-13(12)15/h2-9H,10H2,1H3. The quantitative estimate of drug-likeness (QED) is 0.850. The van der Waals surface area contributed by atoms with Crippen molar-refractivity contribution < 1.29 is 4.79 Å². The molecule has 0 aliphatic carbocycles. The van der Waals surface area contributed by atoms with Crippen molar-refractivity contribution in [2.75, 3.05) is 7.05 Å². The average Bonchev–Trinajstić information content (AvgIpc) is 2.39. The third-order valence-corrected chi connectivity index (χ3v) is 2.95. The summed E-state index contributed by atoms with van der Waals surface area (Å²) in [6.45, 7) is 0.534. The third-order valence-electron chi connectivity index (χ3n) is 2.62. The van der Waals surface area contributed by atoms with Gasteiger partial charge in [-0.25, -0.2) is 0 Å². The molecule has 92 valence electrons. The molecule has 18 heavy (non-hydrogen) atoms. The summed E-state index contributed by atoms with van der Waals surface area (Å²) < 4.78 is 0. The number of amides is 1. The van der Waals surface area contributed by atoms with Gasteiger partial charge in [0.2, 0.25) is 0 Å². The molecule has 2 rings (SSSR count). The molecule has 0 bridgehead atoms. The van der Waals surface area contributed by atoms with Crippen LogP contribution >= 0.6 is 11.6 Å². The first kappa shape index (κ1) is 12.6. The molecule has 3 nitrogen and oxygen atoms in total. The number of rotatable bonds is 3. The Hall–Kier alpha value is -1.87. The van der Waals surface area contributed by atoms with Gasteiger partial charge < -0.3 is 4.90 Å². The molecule has 0 aliphatic heterocycles. The summed E-state index contributed by atoms with van der Waals surface area (Å²) in [5.41, 5.74) is 1.56. The lowest BCUT2D eigenvalue weighted by atomic mass is 10.2. The highest BCUT2D eigenvalue weighted by Gasteiger charge is 2.14. The van der Waals surface area contributed by atoms with Crippen LogP contribution in [0.15, 0.2) is 48.8 Å². The lowest BCUT2D eigenvalue weighted by molar-refractivity contribution is 0.0785. The molecule has 4 heteroatoms. The van der Waals surface area contributed by atoms with E-state index in [0.29, 0.717) is 17.1 Å². The normalized spacial score (nSPS) is 10.1. The zero-order chi connectivity index (χ0) is 13.0. The Kier molecular flexibility index (Phi) is 3.95. The summed E-state index contributed by atoms with van der Waals surface area (Å²) in [7, 11) is 1.76. The van der Waals surface area contributed by atoms with Crippen LogP contribution in [0.1, 0.15) is 15.9 Å². The first-order valence-electron chi connectivity index (χ1n) is 5.57. The fraction of sp³-hybridized carbons (Fsp3) is 0.143. The average molecular weight is 261 g/mol. The van der Waals surface area contributed by atoms with Gasteiger partial charge in [0.1, 0.15) is 0 Å². The van der Waals surface area contributed by atoms with Gasteiger partial charge in [-0.3, -0.25) is 9.78 Å². The molecule has 0 aliphatic rings. The van der Waals surface area contributed by atoms with Crippen LogP contribution in [0.2, 0.25) is 5.02 Å². The molecule has 0 N–H and O–H groups in total. The van der Waals surface area contributed by atoms with E-state index in [2.05, 4.69) is 4.98 Å². The van der Waals surface area contributed by atoms with Gasteiger partial charge in [0, 0.05) is 26.0 Å². The summed E-state index contributed by atoms with van der Waals surface area (Å²) >= 11 is 6.01. The van der Waals surface area contributed by atoms with Crippen molar-refractivity contribution in [3.8, 4) is 0 Å². The van der Waals surface area contributed by atoms with E-state index in [1.165, 1.54) is 0 Å². The highest BCUT2D eigenvalue weighted by Crippen LogP contribution is 2.17. The highest BCUT2D eigenvalue weighted by atomic mass is 35.5. The monoisotopic (exact) mass is 260 g/mol. The second-order valence-corrected chi connectivity index (χ2v) is 4.40. The van der Waals surface area contributed by atoms with Crippen molar-refractivity contribution in [3.05, 3.63) is 64.9 Å². The lowest BCUT2D eigenvalue weighted by Crippen LogP contribution is -2.26. The van der Waals surface area contributed by atoms with E-state index in [4.69, 9.17) is 11.6 Å². The minimum absolute atomic E-state index is 0.0857. The minimum atomic E-state index is -0.0857. The van der Waals surface area contributed by atoms with Crippen molar-refractivity contribution in [1.29, 1.82) is 0 Å². The fourth-order valence-electron chi connectivity index (χ4n) is 1.67. The van der Waals surface area contributed by atoms with E-state index >= 15 is 0 Å². The molecule has 1 aromatic heterocycles. The predicted octanol–water partition coefficient (Wildman–Crippen LogP) is 3.01. The van der Waals surface area contributed by atoms with E-state index in [0.717, 1.165) is 5.56 Å². The third kappa shape index (κ3) is 2.87. The molecule has 2 aromatic rings. The molecule has 0 unspecified atom stereocenters. The lowest BCUT2D eigenvalue weighted by Gasteiger charge is -2.17. The molecule has 1 amide bonds. The Morgan fingerprint density at radius 2 is 1.89 bits per heavy atom. The molecular weight excluding hydrogens is 248 g/mol. The number of aromatic nitrogens is 1. The predicted molar refractivity (Wildman–Crippen MR) is 71.5 cm³/mol. The summed E-state index contributed by atoms with van der Waals surface area (Å²) in [4.78, 5) is 17.8. The maximum Gasteiger partial charge on any atom is 0.255 e. The van der Waals surface area contributed by atoms with E-state index in [9.17, 15) is 4.79 Å². The number of nitrogens with zero attached hydrogens (tertiary/aromatic N) is 2. The Morgan fingerprint density at radius 3 is 2.56 bits per heavy atom. The van der Waals surface area contributed by atoms with Gasteiger partial charge in [-0.15, -0.1) is 0 Å². The summed E-state index contributed by atoms with van der Waals surface area (Å²) in [6, 6.07) is 10.8. The number of hydrogen-bond donors (Lipinski definition) is 0. The van der Waals surface area contributed by atoms with Crippen LogP contribution in [-0.4, -0.2) is 22.8 Å². The van der Waals surface area contributed by atoms with Crippen molar-refractivity contribution in [1.82, 2.24) is 9.88 Å². The zero-order valence-electron chi connectivity index (χ0n) is 10.0. The number of carbonyl (C=O) groups excluding carboxylic acids is 1. The molecule has 0 saturated carbocycles. The van der Waals surface area contributed by atoms with Gasteiger partial charge >= 0.3 is 0 Å². The first-order valence-corrected chi connectivity index (χ1v) is 5.95. The molecule has 0 radical (unpaired) electrons. The van der Waals surface area contributed by atoms with Gasteiger partial charge in [-0.2, -0.15) is 0 Å². The smallest absolute Gasteiger partial charge is 0.255 e. The zero-order valence-corrected chi connectivity index (χ0v) is 10.8. The summed E-state index contributed by atoms with van der Waals surface area (Å²) in [5, 5.41) is 0.476. The second kappa shape index (κ2) is 5.65. The van der Waals surface area contributed by atoms with Gasteiger partial charge in [0.15, 0.2) is 0 Å². The Balaban J connectivity index is 2.13. The van der Waals surface area contributed by atoms with E-state index in [1.807, 2.05) is 18.2 Å². The van der Waals surface area contributed by atoms with Gasteiger partial charge in [-0.05, 0) is 29.8 Å². The maximum absolute atomic E-state index is 12.2. The number of pyridine rings is 1. The van der Waals surface area contributed by atoms with Crippen molar-refractivity contribution in [2.45, 2.75) is 6.54 Å². The van der Waals surface area contributed by atoms with Crippen molar-refractivity contribution in [3.63, 3.8) is 0 Å². The molecule has 0 spiro atoms. The maximum atomic E-state index is 12.2. The van der Waals surface area contributed by atoms with Crippen LogP contribution in [0.4, 0.5) is 0 Å². The van der Waals surface area contributed by atoms with Crippen molar-refractivity contribution >= 4 is 17.5 Å². The van der Waals surface area contributed by atoms with E-state index in [-0.39, 0.29) is 5.91 Å². The Morgan fingerprint density at radius 1 is 1.22 bits per heavy atom. The SMILES string of the molecule is CN(Cc1ccncc1)C(=O)c1ccccc1Cl. The Labute approximate surface area is 111 Å². The molecular formula is C14H13ClN2O. The van der Waals surface area contributed by atoms with Gasteiger partial charge in [-0.1, -0.05) is 23.7 Å².